The molecule has 1 aromatic rings. The van der Waals surface area contributed by atoms with E-state index in [0.717, 1.165) is 10.5 Å². The van der Waals surface area contributed by atoms with Gasteiger partial charge in [0.2, 0.25) is 0 Å². The van der Waals surface area contributed by atoms with Crippen LogP contribution < -0.4 is 0 Å². The molecule has 1 aliphatic rings. The summed E-state index contributed by atoms with van der Waals surface area (Å²) in [6, 6.07) is 7.97. The fourth-order valence-corrected chi connectivity index (χ4v) is 2.33. The molecule has 1 N–H and O–H groups in total. The fraction of sp³-hybridized carbons (Fsp3) is 0.500. The van der Waals surface area contributed by atoms with E-state index in [1.807, 2.05) is 30.3 Å². The minimum Gasteiger partial charge on any atom is -0.480 e. The molecule has 0 spiro atoms. The van der Waals surface area contributed by atoms with E-state index in [4.69, 9.17) is 9.57 Å². The van der Waals surface area contributed by atoms with Gasteiger partial charge in [-0.15, -0.1) is 5.06 Å². The van der Waals surface area contributed by atoms with E-state index in [0.29, 0.717) is 0 Å². The number of piperazine rings is 1. The van der Waals surface area contributed by atoms with Crippen molar-refractivity contribution in [2.24, 2.45) is 5.41 Å². The third-order valence-corrected chi connectivity index (χ3v) is 3.89. The predicted octanol–water partition coefficient (Wildman–Crippen LogP) is 1.90. The van der Waals surface area contributed by atoms with E-state index in [1.54, 1.807) is 20.8 Å². The third kappa shape index (κ3) is 5.19. The number of carboxylic acids is 1. The summed E-state index contributed by atoms with van der Waals surface area (Å²) in [4.78, 5) is 42.2. The van der Waals surface area contributed by atoms with E-state index in [1.165, 1.54) is 5.06 Å². The van der Waals surface area contributed by atoms with Gasteiger partial charge in [-0.2, -0.15) is 0 Å². The molecule has 8 heteroatoms. The van der Waals surface area contributed by atoms with Crippen molar-refractivity contribution in [3.63, 3.8) is 0 Å². The van der Waals surface area contributed by atoms with Gasteiger partial charge in [-0.05, 0) is 26.3 Å². The number of carbonyl (C=O) groups is 3. The second kappa shape index (κ2) is 8.18. The van der Waals surface area contributed by atoms with Gasteiger partial charge < -0.3 is 14.7 Å². The highest BCUT2D eigenvalue weighted by Gasteiger charge is 2.38. The average molecular weight is 364 g/mol. The lowest BCUT2D eigenvalue weighted by Crippen LogP contribution is -2.58. The van der Waals surface area contributed by atoms with Crippen LogP contribution in [-0.4, -0.2) is 58.8 Å². The molecule has 0 unspecified atom stereocenters. The van der Waals surface area contributed by atoms with Gasteiger partial charge in [0.15, 0.2) is 0 Å². The first-order chi connectivity index (χ1) is 12.2. The van der Waals surface area contributed by atoms with Crippen LogP contribution in [0.25, 0.3) is 0 Å². The summed E-state index contributed by atoms with van der Waals surface area (Å²) in [5.74, 6) is -1.64. The van der Waals surface area contributed by atoms with Gasteiger partial charge in [-0.25, -0.2) is 14.4 Å². The molecule has 26 heavy (non-hydrogen) atoms. The highest BCUT2D eigenvalue weighted by Crippen LogP contribution is 2.19. The number of carbonyl (C=O) groups excluding carboxylic acids is 2. The van der Waals surface area contributed by atoms with Crippen molar-refractivity contribution in [3.8, 4) is 0 Å². The van der Waals surface area contributed by atoms with Gasteiger partial charge in [-0.1, -0.05) is 30.3 Å². The van der Waals surface area contributed by atoms with E-state index in [9.17, 15) is 19.5 Å². The maximum absolute atomic E-state index is 12.3. The lowest BCUT2D eigenvalue weighted by molar-refractivity contribution is -0.212. The number of hydroxylamine groups is 2. The molecule has 0 aromatic heterocycles. The molecule has 1 aromatic carbocycles. The zero-order valence-corrected chi connectivity index (χ0v) is 15.2. The highest BCUT2D eigenvalue weighted by atomic mass is 16.7. The van der Waals surface area contributed by atoms with Crippen LogP contribution in [0.5, 0.6) is 0 Å². The quantitative estimate of drug-likeness (QED) is 0.871. The molecule has 1 fully saturated rings. The van der Waals surface area contributed by atoms with Crippen LogP contribution in [0, 0.1) is 5.41 Å². The first-order valence-electron chi connectivity index (χ1n) is 8.36. The van der Waals surface area contributed by atoms with Crippen LogP contribution in [0.15, 0.2) is 30.3 Å². The van der Waals surface area contributed by atoms with Gasteiger partial charge in [0.25, 0.3) is 0 Å². The molecule has 1 atom stereocenters. The Morgan fingerprint density at radius 3 is 2.38 bits per heavy atom. The number of aliphatic carboxylic acids is 1. The predicted molar refractivity (Wildman–Crippen MR) is 91.9 cm³/mol. The molecule has 1 heterocycles. The first kappa shape index (κ1) is 19.7. The first-order valence-corrected chi connectivity index (χ1v) is 8.36. The van der Waals surface area contributed by atoms with E-state index >= 15 is 0 Å². The summed E-state index contributed by atoms with van der Waals surface area (Å²) in [6.45, 7) is 5.38. The fourth-order valence-electron chi connectivity index (χ4n) is 2.33. The van der Waals surface area contributed by atoms with Crippen molar-refractivity contribution in [1.82, 2.24) is 9.96 Å². The van der Waals surface area contributed by atoms with E-state index in [-0.39, 0.29) is 26.2 Å². The Labute approximate surface area is 152 Å². The topological polar surface area (TPSA) is 96.4 Å². The second-order valence-corrected chi connectivity index (χ2v) is 7.10. The molecule has 142 valence electrons. The summed E-state index contributed by atoms with van der Waals surface area (Å²) in [5, 5.41) is 10.7. The number of rotatable bonds is 4. The van der Waals surface area contributed by atoms with Crippen molar-refractivity contribution in [1.29, 1.82) is 0 Å². The van der Waals surface area contributed by atoms with Crippen LogP contribution in [0.4, 0.5) is 4.79 Å². The normalized spacial score (nSPS) is 18.3. The molecule has 8 nitrogen and oxygen atoms in total. The molecule has 2 rings (SSSR count). The lowest BCUT2D eigenvalue weighted by Gasteiger charge is -2.37. The molecule has 0 bridgehead atoms. The molecule has 1 saturated heterocycles. The number of benzene rings is 1. The van der Waals surface area contributed by atoms with Crippen LogP contribution >= 0.6 is 0 Å². The zero-order valence-electron chi connectivity index (χ0n) is 15.2. The SMILES string of the molecule is CC(C)(C)C(=O)ON1CCN(C(=O)OCc2ccccc2)[C@@H](C(=O)O)C1. The van der Waals surface area contributed by atoms with Crippen LogP contribution in [0.1, 0.15) is 26.3 Å². The Kier molecular flexibility index (Phi) is 6.20. The summed E-state index contributed by atoms with van der Waals surface area (Å²) < 4.78 is 5.22. The Bertz CT molecular complexity index is 655. The molecular weight excluding hydrogens is 340 g/mol. The Hall–Kier alpha value is -2.61. The van der Waals surface area contributed by atoms with Crippen LogP contribution in [0.2, 0.25) is 0 Å². The van der Waals surface area contributed by atoms with Crippen molar-refractivity contribution in [2.75, 3.05) is 19.6 Å². The van der Waals surface area contributed by atoms with Gasteiger partial charge in [0.05, 0.1) is 18.5 Å². The lowest BCUT2D eigenvalue weighted by atomic mass is 9.98. The Morgan fingerprint density at radius 1 is 1.15 bits per heavy atom. The number of carboxylic acid groups (broad SMARTS) is 1. The van der Waals surface area contributed by atoms with Crippen LogP contribution in [0.3, 0.4) is 0 Å². The van der Waals surface area contributed by atoms with Gasteiger partial charge in [0, 0.05) is 6.54 Å². The van der Waals surface area contributed by atoms with Gasteiger partial charge >= 0.3 is 18.0 Å². The second-order valence-electron chi connectivity index (χ2n) is 7.10. The Balaban J connectivity index is 1.96. The number of ether oxygens (including phenoxy) is 1. The molecule has 0 aliphatic carbocycles. The molecule has 1 aliphatic heterocycles. The summed E-state index contributed by atoms with van der Waals surface area (Å²) in [6.07, 6.45) is -0.706. The maximum Gasteiger partial charge on any atom is 0.410 e. The van der Waals surface area contributed by atoms with Crippen molar-refractivity contribution >= 4 is 18.0 Å². The summed E-state index contributed by atoms with van der Waals surface area (Å²) in [5.41, 5.74) is 0.107. The average Bonchev–Trinajstić information content (AvgIpc) is 2.59. The number of nitrogens with zero attached hydrogens (tertiary/aromatic N) is 2. The van der Waals surface area contributed by atoms with Crippen molar-refractivity contribution in [3.05, 3.63) is 35.9 Å². The van der Waals surface area contributed by atoms with E-state index in [2.05, 4.69) is 0 Å². The molecule has 0 saturated carbocycles. The zero-order chi connectivity index (χ0) is 19.3. The molecular formula is C18H24N2O6. The number of amides is 1. The number of hydrogen-bond donors (Lipinski definition) is 1. The molecule has 0 radical (unpaired) electrons. The Morgan fingerprint density at radius 2 is 1.81 bits per heavy atom. The van der Waals surface area contributed by atoms with Crippen molar-refractivity contribution in [2.45, 2.75) is 33.4 Å². The van der Waals surface area contributed by atoms with Crippen LogP contribution in [-0.2, 0) is 25.8 Å². The largest absolute Gasteiger partial charge is 0.480 e. The summed E-state index contributed by atoms with van der Waals surface area (Å²) >= 11 is 0. The molecule has 1 amide bonds. The minimum absolute atomic E-state index is 0.0608. The van der Waals surface area contributed by atoms with Gasteiger partial charge in [-0.3, -0.25) is 4.90 Å². The van der Waals surface area contributed by atoms with Gasteiger partial charge in [0.1, 0.15) is 12.6 Å². The smallest absolute Gasteiger partial charge is 0.410 e. The summed E-state index contributed by atoms with van der Waals surface area (Å²) in [7, 11) is 0. The standard InChI is InChI=1S/C18H24N2O6/c1-18(2,3)16(23)26-19-9-10-20(14(11-19)15(21)22)17(24)25-12-13-7-5-4-6-8-13/h4-8,14H,9-12H2,1-3H3,(H,21,22)/t14-/m1/s1. The van der Waals surface area contributed by atoms with E-state index < -0.39 is 29.5 Å². The minimum atomic E-state index is -1.18. The highest BCUT2D eigenvalue weighted by molar-refractivity contribution is 5.80. The maximum atomic E-state index is 12.3. The monoisotopic (exact) mass is 364 g/mol. The third-order valence-electron chi connectivity index (χ3n) is 3.89. The number of hydrogen-bond acceptors (Lipinski definition) is 6. The van der Waals surface area contributed by atoms with Crippen molar-refractivity contribution < 1.29 is 29.1 Å².